The summed E-state index contributed by atoms with van der Waals surface area (Å²) < 4.78 is 5.31. The summed E-state index contributed by atoms with van der Waals surface area (Å²) in [7, 11) is 3.14. The van der Waals surface area contributed by atoms with E-state index in [0.29, 0.717) is 22.7 Å². The number of allylic oxidation sites excluding steroid dienone is 2. The Balaban J connectivity index is 2.81. The number of ether oxygens (including phenoxy) is 1. The number of methoxy groups -OCH3 is 1. The molecule has 0 aromatic heterocycles. The molecule has 0 bridgehead atoms. The second-order valence-corrected chi connectivity index (χ2v) is 5.34. The van der Waals surface area contributed by atoms with Crippen LogP contribution in [0.5, 0.6) is 5.75 Å². The molecule has 2 N–H and O–H groups in total. The first-order chi connectivity index (χ1) is 10.8. The number of aliphatic carboxylic acids is 2. The molecule has 0 saturated carbocycles. The van der Waals surface area contributed by atoms with Gasteiger partial charge in [0.15, 0.2) is 0 Å². The van der Waals surface area contributed by atoms with Crippen LogP contribution < -0.4 is 4.74 Å². The monoisotopic (exact) mass is 317 g/mol. The van der Waals surface area contributed by atoms with Gasteiger partial charge in [0.05, 0.1) is 24.2 Å². The second kappa shape index (κ2) is 6.16. The number of carboxylic acid groups (broad SMARTS) is 2. The first-order valence-electron chi connectivity index (χ1n) is 7.06. The zero-order valence-corrected chi connectivity index (χ0v) is 13.5. The van der Waals surface area contributed by atoms with E-state index in [1.54, 1.807) is 50.1 Å². The molecule has 0 atom stereocenters. The number of benzene rings is 1. The molecule has 1 aliphatic rings. The number of hydrogen-bond acceptors (Lipinski definition) is 4. The van der Waals surface area contributed by atoms with Crippen molar-refractivity contribution in [3.05, 3.63) is 52.4 Å². The lowest BCUT2D eigenvalue weighted by atomic mass is 9.79. The predicted molar refractivity (Wildman–Crippen MR) is 84.2 cm³/mol. The summed E-state index contributed by atoms with van der Waals surface area (Å²) in [6.07, 6.45) is 0. The van der Waals surface area contributed by atoms with Gasteiger partial charge in [-0.1, -0.05) is 18.2 Å². The van der Waals surface area contributed by atoms with Crippen molar-refractivity contribution in [2.45, 2.75) is 19.8 Å². The molecule has 1 aromatic rings. The van der Waals surface area contributed by atoms with Crippen molar-refractivity contribution in [3.63, 3.8) is 0 Å². The molecule has 0 unspecified atom stereocenters. The molecule has 122 valence electrons. The van der Waals surface area contributed by atoms with Crippen LogP contribution in [0.2, 0.25) is 0 Å². The highest BCUT2D eigenvalue weighted by molar-refractivity contribution is 5.98. The Bertz CT molecular complexity index is 694. The van der Waals surface area contributed by atoms with Crippen LogP contribution in [0.15, 0.2) is 46.8 Å². The third-order valence-electron chi connectivity index (χ3n) is 4.27. The minimum absolute atomic E-state index is 0.0417. The third kappa shape index (κ3) is 2.67. The van der Waals surface area contributed by atoms with Crippen molar-refractivity contribution in [2.75, 3.05) is 14.2 Å². The average Bonchev–Trinajstić information content (AvgIpc) is 2.51. The molecule has 23 heavy (non-hydrogen) atoms. The highest BCUT2D eigenvalue weighted by Gasteiger charge is 2.39. The van der Waals surface area contributed by atoms with Gasteiger partial charge < -0.3 is 19.8 Å². The summed E-state index contributed by atoms with van der Waals surface area (Å²) in [6, 6.07) is 6.88. The standard InChI is InChI=1S/C17H19NO5/c1-9-13(16(19)20)15(11-7-5-6-8-12(11)23-4)14(17(21)22)10(2)18(9)3/h5-8,15H,1-4H3,(H,19,20)(H,21,22). The summed E-state index contributed by atoms with van der Waals surface area (Å²) in [6.45, 7) is 3.35. The number of nitrogens with zero attached hydrogens (tertiary/aromatic N) is 1. The van der Waals surface area contributed by atoms with Gasteiger partial charge in [-0.2, -0.15) is 0 Å². The molecule has 6 nitrogen and oxygen atoms in total. The van der Waals surface area contributed by atoms with Crippen LogP contribution in [-0.2, 0) is 9.59 Å². The normalized spacial score (nSPS) is 15.9. The van der Waals surface area contributed by atoms with E-state index in [9.17, 15) is 19.8 Å². The quantitative estimate of drug-likeness (QED) is 0.887. The molecule has 1 heterocycles. The Labute approximate surface area is 134 Å². The summed E-state index contributed by atoms with van der Waals surface area (Å²) in [4.78, 5) is 25.3. The maximum atomic E-state index is 11.8. The molecule has 0 spiro atoms. The largest absolute Gasteiger partial charge is 0.496 e. The minimum atomic E-state index is -1.14. The van der Waals surface area contributed by atoms with Gasteiger partial charge in [-0.15, -0.1) is 0 Å². The second-order valence-electron chi connectivity index (χ2n) is 5.34. The molecule has 0 saturated heterocycles. The fourth-order valence-corrected chi connectivity index (χ4v) is 2.95. The first-order valence-corrected chi connectivity index (χ1v) is 7.06. The Hall–Kier alpha value is -2.76. The Morgan fingerprint density at radius 2 is 1.52 bits per heavy atom. The molecular weight excluding hydrogens is 298 g/mol. The number of para-hydroxylation sites is 1. The Morgan fingerprint density at radius 3 is 1.96 bits per heavy atom. The molecule has 0 fully saturated rings. The number of hydrogen-bond donors (Lipinski definition) is 2. The van der Waals surface area contributed by atoms with Gasteiger partial charge in [-0.25, -0.2) is 9.59 Å². The molecule has 6 heteroatoms. The highest BCUT2D eigenvalue weighted by atomic mass is 16.5. The Morgan fingerprint density at radius 1 is 1.04 bits per heavy atom. The maximum absolute atomic E-state index is 11.8. The first kappa shape index (κ1) is 16.6. The third-order valence-corrected chi connectivity index (χ3v) is 4.27. The van der Waals surface area contributed by atoms with Crippen LogP contribution in [0.25, 0.3) is 0 Å². The van der Waals surface area contributed by atoms with Crippen LogP contribution in [0.3, 0.4) is 0 Å². The van der Waals surface area contributed by atoms with Gasteiger partial charge in [-0.05, 0) is 19.9 Å². The van der Waals surface area contributed by atoms with E-state index in [-0.39, 0.29) is 11.1 Å². The Kier molecular flexibility index (Phi) is 4.45. The van der Waals surface area contributed by atoms with Crippen molar-refractivity contribution >= 4 is 11.9 Å². The van der Waals surface area contributed by atoms with Crippen molar-refractivity contribution in [1.29, 1.82) is 0 Å². The van der Waals surface area contributed by atoms with Crippen molar-refractivity contribution in [3.8, 4) is 5.75 Å². The van der Waals surface area contributed by atoms with Crippen molar-refractivity contribution in [1.82, 2.24) is 4.90 Å². The van der Waals surface area contributed by atoms with Gasteiger partial charge in [0.2, 0.25) is 0 Å². The molecule has 2 rings (SSSR count). The molecular formula is C17H19NO5. The maximum Gasteiger partial charge on any atom is 0.334 e. The van der Waals surface area contributed by atoms with Gasteiger partial charge in [-0.3, -0.25) is 0 Å². The molecule has 1 aliphatic heterocycles. The van der Waals surface area contributed by atoms with E-state index in [1.165, 1.54) is 7.11 Å². The van der Waals surface area contributed by atoms with Gasteiger partial charge in [0.25, 0.3) is 0 Å². The smallest absolute Gasteiger partial charge is 0.334 e. The van der Waals surface area contributed by atoms with Crippen molar-refractivity contribution in [2.24, 2.45) is 0 Å². The van der Waals surface area contributed by atoms with E-state index in [4.69, 9.17) is 4.74 Å². The topological polar surface area (TPSA) is 87.1 Å². The van der Waals surface area contributed by atoms with Gasteiger partial charge in [0, 0.05) is 24.0 Å². The highest BCUT2D eigenvalue weighted by Crippen LogP contribution is 2.44. The van der Waals surface area contributed by atoms with Gasteiger partial charge in [0.1, 0.15) is 5.75 Å². The van der Waals surface area contributed by atoms with E-state index in [2.05, 4.69) is 0 Å². The van der Waals surface area contributed by atoms with E-state index < -0.39 is 17.9 Å². The van der Waals surface area contributed by atoms with Crippen molar-refractivity contribution < 1.29 is 24.5 Å². The fraction of sp³-hybridized carbons (Fsp3) is 0.294. The SMILES string of the molecule is COc1ccccc1C1C(C(=O)O)=C(C)N(C)C(C)=C1C(=O)O. The lowest BCUT2D eigenvalue weighted by molar-refractivity contribution is -0.133. The molecule has 0 radical (unpaired) electrons. The summed E-state index contributed by atoms with van der Waals surface area (Å²) in [5.41, 5.74) is 1.63. The lowest BCUT2D eigenvalue weighted by Gasteiger charge is -2.35. The predicted octanol–water partition coefficient (Wildman–Crippen LogP) is 2.44. The number of rotatable bonds is 4. The number of carbonyl (C=O) groups is 2. The van der Waals surface area contributed by atoms with Crippen LogP contribution in [0, 0.1) is 0 Å². The molecule has 1 aromatic carbocycles. The van der Waals surface area contributed by atoms with E-state index in [0.717, 1.165) is 0 Å². The fourth-order valence-electron chi connectivity index (χ4n) is 2.95. The van der Waals surface area contributed by atoms with Crippen LogP contribution in [0.4, 0.5) is 0 Å². The van der Waals surface area contributed by atoms with E-state index in [1.807, 2.05) is 0 Å². The zero-order chi connectivity index (χ0) is 17.3. The summed E-state index contributed by atoms with van der Waals surface area (Å²) in [5, 5.41) is 19.3. The summed E-state index contributed by atoms with van der Waals surface area (Å²) >= 11 is 0. The van der Waals surface area contributed by atoms with Crippen LogP contribution in [0.1, 0.15) is 25.3 Å². The number of carboxylic acids is 2. The van der Waals surface area contributed by atoms with Crippen LogP contribution in [-0.4, -0.2) is 41.2 Å². The van der Waals surface area contributed by atoms with Crippen LogP contribution >= 0.6 is 0 Å². The molecule has 0 aliphatic carbocycles. The minimum Gasteiger partial charge on any atom is -0.496 e. The van der Waals surface area contributed by atoms with Gasteiger partial charge >= 0.3 is 11.9 Å². The molecule has 0 amide bonds. The lowest BCUT2D eigenvalue weighted by Crippen LogP contribution is -2.32. The average molecular weight is 317 g/mol. The van der Waals surface area contributed by atoms with E-state index >= 15 is 0 Å². The zero-order valence-electron chi connectivity index (χ0n) is 13.5. The summed E-state index contributed by atoms with van der Waals surface area (Å²) in [5.74, 6) is -2.72.